The molecule has 0 N–H and O–H groups in total. The summed E-state index contributed by atoms with van der Waals surface area (Å²) in [7, 11) is 0. The SMILES string of the molecule is CC#CC(=O)N(Cc1cccs1)CC1CCCO1. The predicted molar refractivity (Wildman–Crippen MR) is 72.2 cm³/mol. The second kappa shape index (κ2) is 6.58. The van der Waals surface area contributed by atoms with Crippen LogP contribution in [-0.4, -0.2) is 30.1 Å². The fraction of sp³-hybridized carbons (Fsp3) is 0.500. The number of nitrogens with zero attached hydrogens (tertiary/aromatic N) is 1. The molecule has 96 valence electrons. The normalized spacial score (nSPS) is 18.2. The molecule has 4 heteroatoms. The molecule has 0 radical (unpaired) electrons. The van der Waals surface area contributed by atoms with Crippen molar-refractivity contribution in [3.05, 3.63) is 22.4 Å². The third kappa shape index (κ3) is 3.59. The molecule has 3 nitrogen and oxygen atoms in total. The Kier molecular flexibility index (Phi) is 4.80. The van der Waals surface area contributed by atoms with Gasteiger partial charge in [0, 0.05) is 18.0 Å². The molecular weight excluding hydrogens is 246 g/mol. The van der Waals surface area contributed by atoms with Crippen molar-refractivity contribution in [2.45, 2.75) is 32.4 Å². The van der Waals surface area contributed by atoms with E-state index in [-0.39, 0.29) is 12.0 Å². The molecule has 1 saturated heterocycles. The maximum absolute atomic E-state index is 12.0. The first-order valence-electron chi connectivity index (χ1n) is 6.15. The summed E-state index contributed by atoms with van der Waals surface area (Å²) in [4.78, 5) is 14.9. The van der Waals surface area contributed by atoms with Gasteiger partial charge in [0.2, 0.25) is 0 Å². The van der Waals surface area contributed by atoms with E-state index in [1.165, 1.54) is 4.88 Å². The van der Waals surface area contributed by atoms with E-state index in [0.29, 0.717) is 13.1 Å². The van der Waals surface area contributed by atoms with Crippen LogP contribution in [0.5, 0.6) is 0 Å². The van der Waals surface area contributed by atoms with Crippen molar-refractivity contribution in [2.24, 2.45) is 0 Å². The Morgan fingerprint density at radius 3 is 3.17 bits per heavy atom. The van der Waals surface area contributed by atoms with Crippen LogP contribution in [0.2, 0.25) is 0 Å². The molecule has 2 heterocycles. The van der Waals surface area contributed by atoms with Crippen LogP contribution < -0.4 is 0 Å². The van der Waals surface area contributed by atoms with Crippen molar-refractivity contribution < 1.29 is 9.53 Å². The molecule has 0 bridgehead atoms. The molecule has 1 fully saturated rings. The summed E-state index contributed by atoms with van der Waals surface area (Å²) in [6, 6.07) is 4.04. The van der Waals surface area contributed by atoms with Gasteiger partial charge in [0.15, 0.2) is 0 Å². The summed E-state index contributed by atoms with van der Waals surface area (Å²) in [6.07, 6.45) is 2.30. The fourth-order valence-electron chi connectivity index (χ4n) is 2.03. The summed E-state index contributed by atoms with van der Waals surface area (Å²) < 4.78 is 5.59. The first-order valence-corrected chi connectivity index (χ1v) is 7.03. The number of carbonyl (C=O) groups is 1. The lowest BCUT2D eigenvalue weighted by molar-refractivity contribution is -0.127. The van der Waals surface area contributed by atoms with E-state index in [2.05, 4.69) is 11.8 Å². The third-order valence-electron chi connectivity index (χ3n) is 2.89. The highest BCUT2D eigenvalue weighted by atomic mass is 32.1. The molecule has 1 amide bonds. The van der Waals surface area contributed by atoms with E-state index in [1.807, 2.05) is 17.5 Å². The summed E-state index contributed by atoms with van der Waals surface area (Å²) in [5, 5.41) is 2.02. The van der Waals surface area contributed by atoms with Gasteiger partial charge in [-0.25, -0.2) is 0 Å². The quantitative estimate of drug-likeness (QED) is 0.780. The van der Waals surface area contributed by atoms with Gasteiger partial charge in [-0.05, 0) is 37.1 Å². The van der Waals surface area contributed by atoms with E-state index < -0.39 is 0 Å². The molecular formula is C14H17NO2S. The molecule has 2 rings (SSSR count). The lowest BCUT2D eigenvalue weighted by Gasteiger charge is -2.22. The molecule has 1 aromatic rings. The number of rotatable bonds is 4. The molecule has 0 aromatic carbocycles. The maximum Gasteiger partial charge on any atom is 0.298 e. The topological polar surface area (TPSA) is 29.5 Å². The predicted octanol–water partition coefficient (Wildman–Crippen LogP) is 2.28. The van der Waals surface area contributed by atoms with Crippen LogP contribution in [0.1, 0.15) is 24.6 Å². The number of amides is 1. The van der Waals surface area contributed by atoms with Crippen LogP contribution >= 0.6 is 11.3 Å². The third-order valence-corrected chi connectivity index (χ3v) is 3.76. The zero-order valence-electron chi connectivity index (χ0n) is 10.5. The minimum Gasteiger partial charge on any atom is -0.376 e. The van der Waals surface area contributed by atoms with Crippen LogP contribution in [0.4, 0.5) is 0 Å². The van der Waals surface area contributed by atoms with Crippen LogP contribution in [0, 0.1) is 11.8 Å². The largest absolute Gasteiger partial charge is 0.376 e. The Morgan fingerprint density at radius 2 is 2.56 bits per heavy atom. The fourth-order valence-corrected chi connectivity index (χ4v) is 2.75. The van der Waals surface area contributed by atoms with E-state index >= 15 is 0 Å². The smallest absolute Gasteiger partial charge is 0.298 e. The average molecular weight is 263 g/mol. The van der Waals surface area contributed by atoms with Gasteiger partial charge < -0.3 is 9.64 Å². The van der Waals surface area contributed by atoms with Gasteiger partial charge in [0.1, 0.15) is 0 Å². The van der Waals surface area contributed by atoms with E-state index in [9.17, 15) is 4.79 Å². The molecule has 1 unspecified atom stereocenters. The Hall–Kier alpha value is -1.31. The number of carbonyl (C=O) groups excluding carboxylic acids is 1. The van der Waals surface area contributed by atoms with Crippen LogP contribution in [-0.2, 0) is 16.1 Å². The Labute approximate surface area is 112 Å². The van der Waals surface area contributed by atoms with Crippen LogP contribution in [0.25, 0.3) is 0 Å². The highest BCUT2D eigenvalue weighted by molar-refractivity contribution is 7.09. The first kappa shape index (κ1) is 13.1. The molecule has 0 saturated carbocycles. The van der Waals surface area contributed by atoms with Crippen LogP contribution in [0.15, 0.2) is 17.5 Å². The Balaban J connectivity index is 2.00. The number of hydrogen-bond acceptors (Lipinski definition) is 3. The molecule has 1 aliphatic heterocycles. The van der Waals surface area contributed by atoms with E-state index in [1.54, 1.807) is 23.2 Å². The van der Waals surface area contributed by atoms with Crippen molar-refractivity contribution >= 4 is 17.2 Å². The van der Waals surface area contributed by atoms with Gasteiger partial charge in [-0.15, -0.1) is 11.3 Å². The van der Waals surface area contributed by atoms with Gasteiger partial charge in [-0.3, -0.25) is 4.79 Å². The van der Waals surface area contributed by atoms with Crippen LogP contribution in [0.3, 0.4) is 0 Å². The van der Waals surface area contributed by atoms with E-state index in [4.69, 9.17) is 4.74 Å². The minimum absolute atomic E-state index is 0.110. The molecule has 0 spiro atoms. The molecule has 18 heavy (non-hydrogen) atoms. The standard InChI is InChI=1S/C14H17NO2S/c1-2-5-14(16)15(10-12-6-3-8-17-12)11-13-7-4-9-18-13/h4,7,9,12H,3,6,8,10-11H2,1H3. The van der Waals surface area contributed by atoms with Crippen molar-refractivity contribution in [3.8, 4) is 11.8 Å². The number of hydrogen-bond donors (Lipinski definition) is 0. The van der Waals surface area contributed by atoms with Gasteiger partial charge >= 0.3 is 0 Å². The molecule has 0 aliphatic carbocycles. The summed E-state index contributed by atoms with van der Waals surface area (Å²) in [5.41, 5.74) is 0. The van der Waals surface area contributed by atoms with Crippen molar-refractivity contribution in [1.29, 1.82) is 0 Å². The average Bonchev–Trinajstić information content (AvgIpc) is 3.01. The summed E-state index contributed by atoms with van der Waals surface area (Å²) in [5.74, 6) is 5.18. The molecule has 1 aliphatic rings. The van der Waals surface area contributed by atoms with Gasteiger partial charge in [-0.1, -0.05) is 12.0 Å². The van der Waals surface area contributed by atoms with Crippen molar-refractivity contribution in [2.75, 3.05) is 13.2 Å². The lowest BCUT2D eigenvalue weighted by Crippen LogP contribution is -2.35. The summed E-state index contributed by atoms with van der Waals surface area (Å²) >= 11 is 1.66. The monoisotopic (exact) mass is 263 g/mol. The second-order valence-electron chi connectivity index (χ2n) is 4.28. The minimum atomic E-state index is -0.110. The highest BCUT2D eigenvalue weighted by Crippen LogP contribution is 2.17. The summed E-state index contributed by atoms with van der Waals surface area (Å²) in [6.45, 7) is 3.77. The Morgan fingerprint density at radius 1 is 1.67 bits per heavy atom. The Bertz CT molecular complexity index is 438. The lowest BCUT2D eigenvalue weighted by atomic mass is 10.2. The molecule has 1 atom stereocenters. The van der Waals surface area contributed by atoms with Crippen molar-refractivity contribution in [3.63, 3.8) is 0 Å². The molecule has 1 aromatic heterocycles. The number of thiophene rings is 1. The van der Waals surface area contributed by atoms with Gasteiger partial charge in [0.25, 0.3) is 5.91 Å². The van der Waals surface area contributed by atoms with Gasteiger partial charge in [0.05, 0.1) is 12.6 Å². The first-order chi connectivity index (χ1) is 8.79. The zero-order chi connectivity index (χ0) is 12.8. The highest BCUT2D eigenvalue weighted by Gasteiger charge is 2.22. The number of ether oxygens (including phenoxy) is 1. The maximum atomic E-state index is 12.0. The second-order valence-corrected chi connectivity index (χ2v) is 5.31. The zero-order valence-corrected chi connectivity index (χ0v) is 11.3. The van der Waals surface area contributed by atoms with Crippen molar-refractivity contribution in [1.82, 2.24) is 4.90 Å². The van der Waals surface area contributed by atoms with Gasteiger partial charge in [-0.2, -0.15) is 0 Å². The van der Waals surface area contributed by atoms with E-state index in [0.717, 1.165) is 19.4 Å².